The van der Waals surface area contributed by atoms with Gasteiger partial charge in [0.2, 0.25) is 10.0 Å². The number of sulfonamides is 1. The van der Waals surface area contributed by atoms with Crippen molar-refractivity contribution in [1.29, 1.82) is 0 Å². The van der Waals surface area contributed by atoms with Crippen LogP contribution in [-0.4, -0.2) is 19.0 Å². The summed E-state index contributed by atoms with van der Waals surface area (Å²) in [6.07, 6.45) is 5.85. The third kappa shape index (κ3) is 3.07. The standard InChI is InChI=1S/C14H25N3O2S/c1-14(2)7-5-4-6-13(14)16-20(18,19)12-8-11(9-15)17(3)10-12/h8,10,13,16H,4-7,9,15H2,1-3H3. The van der Waals surface area contributed by atoms with Crippen LogP contribution in [0.15, 0.2) is 17.2 Å². The molecule has 114 valence electrons. The number of nitrogens with zero attached hydrogens (tertiary/aromatic N) is 1. The van der Waals surface area contributed by atoms with Crippen LogP contribution >= 0.6 is 0 Å². The molecule has 0 aliphatic heterocycles. The van der Waals surface area contributed by atoms with Gasteiger partial charge in [-0.15, -0.1) is 0 Å². The minimum Gasteiger partial charge on any atom is -0.352 e. The molecule has 20 heavy (non-hydrogen) atoms. The Morgan fingerprint density at radius 3 is 2.70 bits per heavy atom. The molecule has 0 amide bonds. The monoisotopic (exact) mass is 299 g/mol. The fourth-order valence-corrected chi connectivity index (χ4v) is 4.43. The number of aromatic nitrogens is 1. The van der Waals surface area contributed by atoms with E-state index in [4.69, 9.17) is 5.73 Å². The van der Waals surface area contributed by atoms with Gasteiger partial charge in [0.15, 0.2) is 0 Å². The zero-order chi connectivity index (χ0) is 15.0. The molecule has 1 saturated carbocycles. The van der Waals surface area contributed by atoms with Gasteiger partial charge < -0.3 is 10.3 Å². The molecule has 1 unspecified atom stereocenters. The van der Waals surface area contributed by atoms with Crippen molar-refractivity contribution in [2.24, 2.45) is 18.2 Å². The van der Waals surface area contributed by atoms with Crippen molar-refractivity contribution in [3.05, 3.63) is 18.0 Å². The molecule has 1 aliphatic rings. The highest BCUT2D eigenvalue weighted by atomic mass is 32.2. The lowest BCUT2D eigenvalue weighted by Gasteiger charge is -2.38. The maximum Gasteiger partial charge on any atom is 0.242 e. The molecular weight excluding hydrogens is 274 g/mol. The van der Waals surface area contributed by atoms with Crippen LogP contribution in [-0.2, 0) is 23.6 Å². The molecule has 1 aromatic heterocycles. The smallest absolute Gasteiger partial charge is 0.242 e. The molecule has 1 aliphatic carbocycles. The van der Waals surface area contributed by atoms with E-state index in [9.17, 15) is 8.42 Å². The molecule has 1 heterocycles. The normalized spacial score (nSPS) is 22.9. The van der Waals surface area contributed by atoms with Gasteiger partial charge in [0.05, 0.1) is 4.90 Å². The van der Waals surface area contributed by atoms with Crippen molar-refractivity contribution >= 4 is 10.0 Å². The van der Waals surface area contributed by atoms with E-state index in [1.165, 1.54) is 6.42 Å². The summed E-state index contributed by atoms with van der Waals surface area (Å²) in [5.74, 6) is 0. The summed E-state index contributed by atoms with van der Waals surface area (Å²) in [6, 6.07) is 1.65. The van der Waals surface area contributed by atoms with Gasteiger partial charge in [-0.2, -0.15) is 0 Å². The van der Waals surface area contributed by atoms with Crippen LogP contribution in [0.1, 0.15) is 45.2 Å². The predicted molar refractivity (Wildman–Crippen MR) is 79.7 cm³/mol. The Labute approximate surface area is 121 Å². The van der Waals surface area contributed by atoms with Crippen LogP contribution in [0.2, 0.25) is 0 Å². The second-order valence-electron chi connectivity index (χ2n) is 6.39. The first-order valence-electron chi connectivity index (χ1n) is 7.14. The Hall–Kier alpha value is -0.850. The maximum absolute atomic E-state index is 12.5. The highest BCUT2D eigenvalue weighted by Gasteiger charge is 2.35. The Morgan fingerprint density at radius 2 is 2.15 bits per heavy atom. The van der Waals surface area contributed by atoms with Gasteiger partial charge >= 0.3 is 0 Å². The zero-order valence-electron chi connectivity index (χ0n) is 12.5. The van der Waals surface area contributed by atoms with Crippen molar-refractivity contribution < 1.29 is 8.42 Å². The zero-order valence-corrected chi connectivity index (χ0v) is 13.3. The summed E-state index contributed by atoms with van der Waals surface area (Å²) in [7, 11) is -1.66. The van der Waals surface area contributed by atoms with E-state index in [1.807, 2.05) is 7.05 Å². The van der Waals surface area contributed by atoms with Crippen LogP contribution < -0.4 is 10.5 Å². The van der Waals surface area contributed by atoms with Gasteiger partial charge in [-0.05, 0) is 24.3 Å². The molecule has 1 atom stereocenters. The van der Waals surface area contributed by atoms with Crippen LogP contribution in [0.4, 0.5) is 0 Å². The summed E-state index contributed by atoms with van der Waals surface area (Å²) in [5, 5.41) is 0. The molecule has 2 rings (SSSR count). The molecule has 0 aromatic carbocycles. The van der Waals surface area contributed by atoms with Gasteiger partial charge in [-0.1, -0.05) is 26.7 Å². The first kappa shape index (κ1) is 15.5. The lowest BCUT2D eigenvalue weighted by Crippen LogP contribution is -2.46. The molecule has 6 heteroatoms. The van der Waals surface area contributed by atoms with E-state index in [1.54, 1.807) is 16.8 Å². The first-order chi connectivity index (χ1) is 9.26. The van der Waals surface area contributed by atoms with Crippen molar-refractivity contribution in [2.75, 3.05) is 0 Å². The van der Waals surface area contributed by atoms with E-state index in [0.717, 1.165) is 25.0 Å². The van der Waals surface area contributed by atoms with Crippen LogP contribution in [0, 0.1) is 5.41 Å². The van der Waals surface area contributed by atoms with Crippen LogP contribution in [0.3, 0.4) is 0 Å². The molecular formula is C14H25N3O2S. The van der Waals surface area contributed by atoms with Gasteiger partial charge in [0.25, 0.3) is 0 Å². The Bertz CT molecular complexity index is 575. The molecule has 5 nitrogen and oxygen atoms in total. The lowest BCUT2D eigenvalue weighted by atomic mass is 9.74. The summed E-state index contributed by atoms with van der Waals surface area (Å²) < 4.78 is 29.7. The summed E-state index contributed by atoms with van der Waals surface area (Å²) >= 11 is 0. The second kappa shape index (κ2) is 5.50. The largest absolute Gasteiger partial charge is 0.352 e. The molecule has 1 aromatic rings. The van der Waals surface area contributed by atoms with E-state index < -0.39 is 10.0 Å². The minimum atomic E-state index is -3.47. The molecule has 1 fully saturated rings. The third-order valence-electron chi connectivity index (χ3n) is 4.41. The number of rotatable bonds is 4. The Balaban J connectivity index is 2.22. The minimum absolute atomic E-state index is 0.00258. The summed E-state index contributed by atoms with van der Waals surface area (Å²) in [5.41, 5.74) is 6.42. The van der Waals surface area contributed by atoms with Crippen molar-refractivity contribution in [1.82, 2.24) is 9.29 Å². The van der Waals surface area contributed by atoms with Gasteiger partial charge in [0.1, 0.15) is 0 Å². The number of hydrogen-bond acceptors (Lipinski definition) is 3. The van der Waals surface area contributed by atoms with Crippen molar-refractivity contribution in [3.8, 4) is 0 Å². The quantitative estimate of drug-likeness (QED) is 0.889. The molecule has 0 bridgehead atoms. The lowest BCUT2D eigenvalue weighted by molar-refractivity contribution is 0.188. The number of nitrogens with two attached hydrogens (primary N) is 1. The van der Waals surface area contributed by atoms with E-state index >= 15 is 0 Å². The van der Waals surface area contributed by atoms with Crippen molar-refractivity contribution in [3.63, 3.8) is 0 Å². The van der Waals surface area contributed by atoms with Crippen LogP contribution in [0.5, 0.6) is 0 Å². The SMILES string of the molecule is Cn1cc(S(=O)(=O)NC2CCCCC2(C)C)cc1CN. The fraction of sp³-hybridized carbons (Fsp3) is 0.714. The highest BCUT2D eigenvalue weighted by molar-refractivity contribution is 7.89. The number of aryl methyl sites for hydroxylation is 1. The van der Waals surface area contributed by atoms with Gasteiger partial charge in [-0.3, -0.25) is 0 Å². The van der Waals surface area contributed by atoms with Crippen LogP contribution in [0.25, 0.3) is 0 Å². The third-order valence-corrected chi connectivity index (χ3v) is 5.85. The number of hydrogen-bond donors (Lipinski definition) is 2. The second-order valence-corrected chi connectivity index (χ2v) is 8.10. The molecule has 0 saturated heterocycles. The average molecular weight is 299 g/mol. The summed E-state index contributed by atoms with van der Waals surface area (Å²) in [4.78, 5) is 0.307. The van der Waals surface area contributed by atoms with Gasteiger partial charge in [-0.25, -0.2) is 13.1 Å². The molecule has 0 spiro atoms. The molecule has 0 radical (unpaired) electrons. The van der Waals surface area contributed by atoms with E-state index in [0.29, 0.717) is 11.4 Å². The topological polar surface area (TPSA) is 77.1 Å². The first-order valence-corrected chi connectivity index (χ1v) is 8.62. The predicted octanol–water partition coefficient (Wildman–Crippen LogP) is 1.73. The van der Waals surface area contributed by atoms with E-state index in [-0.39, 0.29) is 11.5 Å². The van der Waals surface area contributed by atoms with E-state index in [2.05, 4.69) is 18.6 Å². The maximum atomic E-state index is 12.5. The Morgan fingerprint density at radius 1 is 1.45 bits per heavy atom. The summed E-state index contributed by atoms with van der Waals surface area (Å²) in [6.45, 7) is 4.60. The highest BCUT2D eigenvalue weighted by Crippen LogP contribution is 2.36. The fourth-order valence-electron chi connectivity index (χ4n) is 2.89. The number of nitrogens with one attached hydrogen (secondary N) is 1. The average Bonchev–Trinajstić information content (AvgIpc) is 2.74. The Kier molecular flexibility index (Phi) is 4.27. The molecule has 3 N–H and O–H groups in total. The van der Waals surface area contributed by atoms with Crippen molar-refractivity contribution in [2.45, 2.75) is 57.0 Å². The van der Waals surface area contributed by atoms with Gasteiger partial charge in [0, 0.05) is 31.5 Å².